The molecule has 1 aromatic heterocycles. The molecule has 0 radical (unpaired) electrons. The van der Waals surface area contributed by atoms with Crippen LogP contribution in [0, 0.1) is 17.1 Å². The largest absolute Gasteiger partial charge is 0.368 e. The first-order chi connectivity index (χ1) is 11.2. The van der Waals surface area contributed by atoms with E-state index in [1.165, 1.54) is 6.07 Å². The third-order valence-corrected chi connectivity index (χ3v) is 4.19. The molecule has 6 heteroatoms. The number of piperidine rings is 1. The lowest BCUT2D eigenvalue weighted by molar-refractivity contribution is 0.418. The van der Waals surface area contributed by atoms with E-state index in [9.17, 15) is 4.39 Å². The molecule has 1 saturated heterocycles. The van der Waals surface area contributed by atoms with Crippen LogP contribution in [0.4, 0.5) is 10.1 Å². The minimum atomic E-state index is -0.322. The Kier molecular flexibility index (Phi) is 4.58. The van der Waals surface area contributed by atoms with Crippen molar-refractivity contribution in [3.8, 4) is 6.07 Å². The van der Waals surface area contributed by atoms with Crippen molar-refractivity contribution in [2.75, 3.05) is 18.0 Å². The minimum Gasteiger partial charge on any atom is -0.368 e. The summed E-state index contributed by atoms with van der Waals surface area (Å²) in [6.07, 6.45) is 5.95. The number of halogens is 1. The molecule has 0 spiro atoms. The summed E-state index contributed by atoms with van der Waals surface area (Å²) in [5, 5.41) is 16.5. The maximum atomic E-state index is 14.2. The second kappa shape index (κ2) is 6.80. The summed E-state index contributed by atoms with van der Waals surface area (Å²) in [6.45, 7) is 2.37. The van der Waals surface area contributed by atoms with Gasteiger partial charge in [0, 0.05) is 44.5 Å². The quantitative estimate of drug-likeness (QED) is 0.940. The van der Waals surface area contributed by atoms with Gasteiger partial charge in [0.15, 0.2) is 0 Å². The van der Waals surface area contributed by atoms with Gasteiger partial charge in [-0.15, -0.1) is 0 Å². The summed E-state index contributed by atoms with van der Waals surface area (Å²) in [4.78, 5) is 2.06. The number of aryl methyl sites for hydroxylation is 1. The monoisotopic (exact) mass is 313 g/mol. The average Bonchev–Trinajstić information content (AvgIpc) is 2.98. The fourth-order valence-electron chi connectivity index (χ4n) is 3.02. The van der Waals surface area contributed by atoms with Crippen LogP contribution in [0.2, 0.25) is 0 Å². The molecule has 1 aliphatic rings. The normalized spacial score (nSPS) is 18.0. The summed E-state index contributed by atoms with van der Waals surface area (Å²) in [6, 6.07) is 6.97. The number of nitrogens with one attached hydrogen (secondary N) is 1. The van der Waals surface area contributed by atoms with E-state index >= 15 is 0 Å². The number of hydrogen-bond donors (Lipinski definition) is 1. The Morgan fingerprint density at radius 1 is 1.48 bits per heavy atom. The lowest BCUT2D eigenvalue weighted by atomic mass is 10.0. The second-order valence-electron chi connectivity index (χ2n) is 5.97. The molecular weight excluding hydrogens is 293 g/mol. The van der Waals surface area contributed by atoms with Crippen LogP contribution in [0.1, 0.15) is 24.0 Å². The summed E-state index contributed by atoms with van der Waals surface area (Å²) in [5.41, 5.74) is 2.08. The first kappa shape index (κ1) is 15.5. The Morgan fingerprint density at radius 2 is 2.35 bits per heavy atom. The highest BCUT2D eigenvalue weighted by atomic mass is 19.1. The molecule has 0 amide bonds. The van der Waals surface area contributed by atoms with E-state index in [0.717, 1.165) is 38.0 Å². The van der Waals surface area contributed by atoms with Crippen molar-refractivity contribution >= 4 is 5.69 Å². The SMILES string of the molecule is Cn1cc(CNC2CCCN(c3ccc(C#N)cc3F)C2)cn1. The number of aromatic nitrogens is 2. The number of nitrogens with zero attached hydrogens (tertiary/aromatic N) is 4. The lowest BCUT2D eigenvalue weighted by Crippen LogP contribution is -2.45. The summed E-state index contributed by atoms with van der Waals surface area (Å²) in [7, 11) is 1.90. The molecule has 1 aromatic carbocycles. The van der Waals surface area contributed by atoms with Gasteiger partial charge in [-0.1, -0.05) is 0 Å². The van der Waals surface area contributed by atoms with Gasteiger partial charge in [-0.3, -0.25) is 4.68 Å². The van der Waals surface area contributed by atoms with Crippen molar-refractivity contribution < 1.29 is 4.39 Å². The molecule has 1 aliphatic heterocycles. The van der Waals surface area contributed by atoms with Crippen LogP contribution in [0.25, 0.3) is 0 Å². The fourth-order valence-corrected chi connectivity index (χ4v) is 3.02. The lowest BCUT2D eigenvalue weighted by Gasteiger charge is -2.35. The standard InChI is InChI=1S/C17H20FN5/c1-22-11-14(10-21-22)9-20-15-3-2-6-23(12-15)17-5-4-13(8-19)7-16(17)18/h4-5,7,10-11,15,20H,2-3,6,9,12H2,1H3. The minimum absolute atomic E-state index is 0.319. The van der Waals surface area contributed by atoms with Gasteiger partial charge in [0.2, 0.25) is 0 Å². The number of nitriles is 1. The highest BCUT2D eigenvalue weighted by Crippen LogP contribution is 2.24. The van der Waals surface area contributed by atoms with Gasteiger partial charge in [-0.25, -0.2) is 4.39 Å². The van der Waals surface area contributed by atoms with E-state index in [1.807, 2.05) is 25.5 Å². The predicted molar refractivity (Wildman–Crippen MR) is 86.4 cm³/mol. The Labute approximate surface area is 135 Å². The Morgan fingerprint density at radius 3 is 3.04 bits per heavy atom. The fraction of sp³-hybridized carbons (Fsp3) is 0.412. The van der Waals surface area contributed by atoms with E-state index in [2.05, 4.69) is 15.3 Å². The van der Waals surface area contributed by atoms with E-state index in [-0.39, 0.29) is 5.82 Å². The van der Waals surface area contributed by atoms with Crippen LogP contribution >= 0.6 is 0 Å². The molecule has 120 valence electrons. The molecule has 2 aromatic rings. The molecule has 2 heterocycles. The van der Waals surface area contributed by atoms with Gasteiger partial charge in [0.05, 0.1) is 23.5 Å². The zero-order valence-corrected chi connectivity index (χ0v) is 13.2. The third-order valence-electron chi connectivity index (χ3n) is 4.19. The van der Waals surface area contributed by atoms with E-state index < -0.39 is 0 Å². The maximum absolute atomic E-state index is 14.2. The number of hydrogen-bond acceptors (Lipinski definition) is 4. The van der Waals surface area contributed by atoms with E-state index in [1.54, 1.807) is 16.8 Å². The molecule has 0 aliphatic carbocycles. The Balaban J connectivity index is 1.63. The van der Waals surface area contributed by atoms with Crippen LogP contribution in [-0.2, 0) is 13.6 Å². The summed E-state index contributed by atoms with van der Waals surface area (Å²) in [5.74, 6) is -0.322. The van der Waals surface area contributed by atoms with Crippen molar-refractivity contribution in [3.05, 3.63) is 47.5 Å². The van der Waals surface area contributed by atoms with Crippen LogP contribution in [0.15, 0.2) is 30.6 Å². The zero-order chi connectivity index (χ0) is 16.2. The number of rotatable bonds is 4. The van der Waals surface area contributed by atoms with Crippen molar-refractivity contribution in [1.29, 1.82) is 5.26 Å². The Hall–Kier alpha value is -2.39. The van der Waals surface area contributed by atoms with Crippen molar-refractivity contribution in [2.24, 2.45) is 7.05 Å². The summed E-state index contributed by atoms with van der Waals surface area (Å²) >= 11 is 0. The first-order valence-electron chi connectivity index (χ1n) is 7.81. The molecule has 1 unspecified atom stereocenters. The van der Waals surface area contributed by atoms with Crippen LogP contribution < -0.4 is 10.2 Å². The first-order valence-corrected chi connectivity index (χ1v) is 7.81. The van der Waals surface area contributed by atoms with E-state index in [4.69, 9.17) is 5.26 Å². The van der Waals surface area contributed by atoms with Gasteiger partial charge < -0.3 is 10.2 Å². The van der Waals surface area contributed by atoms with Gasteiger partial charge in [0.1, 0.15) is 5.82 Å². The zero-order valence-electron chi connectivity index (χ0n) is 13.2. The molecule has 1 fully saturated rings. The smallest absolute Gasteiger partial charge is 0.147 e. The van der Waals surface area contributed by atoms with Gasteiger partial charge in [-0.05, 0) is 31.0 Å². The maximum Gasteiger partial charge on any atom is 0.147 e. The average molecular weight is 313 g/mol. The summed E-state index contributed by atoms with van der Waals surface area (Å²) < 4.78 is 16.0. The van der Waals surface area contributed by atoms with Crippen molar-refractivity contribution in [2.45, 2.75) is 25.4 Å². The van der Waals surface area contributed by atoms with Gasteiger partial charge >= 0.3 is 0 Å². The molecule has 5 nitrogen and oxygen atoms in total. The molecular formula is C17H20FN5. The topological polar surface area (TPSA) is 56.9 Å². The molecule has 1 atom stereocenters. The van der Waals surface area contributed by atoms with Gasteiger partial charge in [0.25, 0.3) is 0 Å². The number of benzene rings is 1. The second-order valence-corrected chi connectivity index (χ2v) is 5.97. The molecule has 23 heavy (non-hydrogen) atoms. The molecule has 0 bridgehead atoms. The Bertz CT molecular complexity index is 718. The highest BCUT2D eigenvalue weighted by molar-refractivity contribution is 5.51. The third kappa shape index (κ3) is 3.69. The molecule has 0 saturated carbocycles. The number of anilines is 1. The molecule has 3 rings (SSSR count). The van der Waals surface area contributed by atoms with Crippen LogP contribution in [-0.4, -0.2) is 28.9 Å². The molecule has 1 N–H and O–H groups in total. The van der Waals surface area contributed by atoms with E-state index in [0.29, 0.717) is 17.3 Å². The van der Waals surface area contributed by atoms with Gasteiger partial charge in [-0.2, -0.15) is 10.4 Å². The van der Waals surface area contributed by atoms with Crippen molar-refractivity contribution in [1.82, 2.24) is 15.1 Å². The highest BCUT2D eigenvalue weighted by Gasteiger charge is 2.22. The predicted octanol–water partition coefficient (Wildman–Crippen LogP) is 2.19. The van der Waals surface area contributed by atoms with Crippen LogP contribution in [0.5, 0.6) is 0 Å². The van der Waals surface area contributed by atoms with Crippen LogP contribution in [0.3, 0.4) is 0 Å². The van der Waals surface area contributed by atoms with Crippen molar-refractivity contribution in [3.63, 3.8) is 0 Å².